The number of carbonyl (C=O) groups is 1. The van der Waals surface area contributed by atoms with Crippen molar-refractivity contribution in [3.8, 4) is 11.8 Å². The van der Waals surface area contributed by atoms with Crippen LogP contribution in [0.15, 0.2) is 18.5 Å². The second-order valence-corrected chi connectivity index (χ2v) is 5.03. The highest BCUT2D eigenvalue weighted by atomic mass is 16.5. The average molecular weight is 274 g/mol. The summed E-state index contributed by atoms with van der Waals surface area (Å²) in [5.74, 6) is 0.112. The average Bonchev–Trinajstić information content (AvgIpc) is 2.49. The van der Waals surface area contributed by atoms with Gasteiger partial charge in [-0.3, -0.25) is 9.78 Å². The van der Waals surface area contributed by atoms with Gasteiger partial charge in [0, 0.05) is 19.3 Å². The molecule has 0 aliphatic carbocycles. The number of amides is 1. The van der Waals surface area contributed by atoms with Crippen LogP contribution in [0.3, 0.4) is 0 Å². The monoisotopic (exact) mass is 274 g/mol. The molecule has 1 amide bonds. The number of nitrogens with one attached hydrogen (secondary N) is 1. The van der Waals surface area contributed by atoms with E-state index in [1.165, 1.54) is 19.5 Å². The van der Waals surface area contributed by atoms with Gasteiger partial charge in [0.25, 0.3) is 5.91 Å². The summed E-state index contributed by atoms with van der Waals surface area (Å²) in [5, 5.41) is 12.3. The number of aromatic nitrogens is 1. The Morgan fingerprint density at radius 1 is 1.55 bits per heavy atom. The number of hydrogen-bond donors (Lipinski definition) is 1. The van der Waals surface area contributed by atoms with E-state index >= 15 is 0 Å². The van der Waals surface area contributed by atoms with Crippen LogP contribution >= 0.6 is 0 Å². The quantitative estimate of drug-likeness (QED) is 0.882. The topological polar surface area (TPSA) is 78.2 Å². The molecule has 0 aromatic carbocycles. The van der Waals surface area contributed by atoms with Gasteiger partial charge in [-0.15, -0.1) is 0 Å². The van der Waals surface area contributed by atoms with Crippen LogP contribution in [-0.2, 0) is 0 Å². The molecule has 0 unspecified atom stereocenters. The first kappa shape index (κ1) is 14.3. The maximum atomic E-state index is 12.4. The molecule has 2 heterocycles. The predicted molar refractivity (Wildman–Crippen MR) is 73.3 cm³/mol. The highest BCUT2D eigenvalue weighted by Gasteiger charge is 2.35. The molecule has 20 heavy (non-hydrogen) atoms. The number of methoxy groups -OCH3 is 1. The van der Waals surface area contributed by atoms with E-state index in [4.69, 9.17) is 4.74 Å². The minimum absolute atomic E-state index is 0.296. The number of nitriles is 1. The molecule has 1 N–H and O–H groups in total. The summed E-state index contributed by atoms with van der Waals surface area (Å²) in [5.41, 5.74) is -0.395. The van der Waals surface area contributed by atoms with Crippen molar-refractivity contribution >= 4 is 5.91 Å². The molecule has 0 radical (unpaired) electrons. The Morgan fingerprint density at radius 2 is 2.25 bits per heavy atom. The number of rotatable bonds is 3. The van der Waals surface area contributed by atoms with Crippen molar-refractivity contribution < 1.29 is 9.53 Å². The molecule has 0 spiro atoms. The third kappa shape index (κ3) is 2.89. The van der Waals surface area contributed by atoms with Crippen LogP contribution in [-0.4, -0.2) is 48.6 Å². The standard InChI is InChI=1S/C14H18N4O2/c1-18-7-4-14(10-15,5-8-18)17-13(19)11-3-6-16-9-12(11)20-2/h3,6,9H,4-5,7-8H2,1-2H3,(H,17,19). The van der Waals surface area contributed by atoms with E-state index in [2.05, 4.69) is 21.3 Å². The Kier molecular flexibility index (Phi) is 4.20. The Morgan fingerprint density at radius 3 is 2.85 bits per heavy atom. The molecule has 106 valence electrons. The van der Waals surface area contributed by atoms with Gasteiger partial charge in [0.15, 0.2) is 0 Å². The lowest BCUT2D eigenvalue weighted by atomic mass is 9.89. The van der Waals surface area contributed by atoms with E-state index in [9.17, 15) is 10.1 Å². The number of hydrogen-bond acceptors (Lipinski definition) is 5. The van der Waals surface area contributed by atoms with E-state index in [1.807, 2.05) is 7.05 Å². The number of ether oxygens (including phenoxy) is 1. The first-order valence-electron chi connectivity index (χ1n) is 6.50. The maximum absolute atomic E-state index is 12.4. The second-order valence-electron chi connectivity index (χ2n) is 5.03. The SMILES string of the molecule is COc1cnccc1C(=O)NC1(C#N)CCN(C)CC1. The molecule has 1 fully saturated rings. The Hall–Kier alpha value is -2.13. The lowest BCUT2D eigenvalue weighted by Gasteiger charge is -2.36. The van der Waals surface area contributed by atoms with Crippen molar-refractivity contribution in [3.63, 3.8) is 0 Å². The van der Waals surface area contributed by atoms with Crippen molar-refractivity contribution in [2.75, 3.05) is 27.2 Å². The van der Waals surface area contributed by atoms with Gasteiger partial charge < -0.3 is 15.0 Å². The molecule has 0 atom stereocenters. The van der Waals surface area contributed by atoms with Gasteiger partial charge in [0.1, 0.15) is 11.3 Å². The molecule has 2 rings (SSSR count). The van der Waals surface area contributed by atoms with Gasteiger partial charge in [-0.1, -0.05) is 0 Å². The summed E-state index contributed by atoms with van der Waals surface area (Å²) in [7, 11) is 3.50. The molecule has 0 saturated carbocycles. The minimum Gasteiger partial charge on any atom is -0.494 e. The van der Waals surface area contributed by atoms with Crippen LogP contribution in [0.2, 0.25) is 0 Å². The molecule has 1 aliphatic rings. The van der Waals surface area contributed by atoms with E-state index in [0.29, 0.717) is 24.2 Å². The fourth-order valence-corrected chi connectivity index (χ4v) is 2.28. The first-order valence-corrected chi connectivity index (χ1v) is 6.50. The van der Waals surface area contributed by atoms with Crippen molar-refractivity contribution in [2.45, 2.75) is 18.4 Å². The van der Waals surface area contributed by atoms with Gasteiger partial charge >= 0.3 is 0 Å². The zero-order valence-electron chi connectivity index (χ0n) is 11.7. The van der Waals surface area contributed by atoms with E-state index in [1.54, 1.807) is 6.07 Å². The molecule has 6 heteroatoms. The zero-order valence-corrected chi connectivity index (χ0v) is 11.7. The van der Waals surface area contributed by atoms with E-state index in [-0.39, 0.29) is 5.91 Å². The molecule has 1 aromatic heterocycles. The molecule has 6 nitrogen and oxygen atoms in total. The van der Waals surface area contributed by atoms with Crippen molar-refractivity contribution in [1.29, 1.82) is 5.26 Å². The van der Waals surface area contributed by atoms with Crippen LogP contribution in [0.25, 0.3) is 0 Å². The van der Waals surface area contributed by atoms with E-state index in [0.717, 1.165) is 13.1 Å². The van der Waals surface area contributed by atoms with Crippen molar-refractivity contribution in [2.24, 2.45) is 0 Å². The lowest BCUT2D eigenvalue weighted by Crippen LogP contribution is -2.53. The summed E-state index contributed by atoms with van der Waals surface area (Å²) in [6.07, 6.45) is 4.27. The number of pyridine rings is 1. The number of carbonyl (C=O) groups excluding carboxylic acids is 1. The Balaban J connectivity index is 2.16. The maximum Gasteiger partial charge on any atom is 0.256 e. The summed E-state index contributed by atoms with van der Waals surface area (Å²) in [6.45, 7) is 1.59. The highest BCUT2D eigenvalue weighted by molar-refractivity contribution is 5.97. The zero-order chi connectivity index (χ0) is 14.6. The van der Waals surface area contributed by atoms with Crippen LogP contribution in [0, 0.1) is 11.3 Å². The van der Waals surface area contributed by atoms with Gasteiger partial charge in [0.2, 0.25) is 0 Å². The highest BCUT2D eigenvalue weighted by Crippen LogP contribution is 2.23. The van der Waals surface area contributed by atoms with Gasteiger partial charge in [-0.2, -0.15) is 5.26 Å². The molecular formula is C14H18N4O2. The molecular weight excluding hydrogens is 256 g/mol. The van der Waals surface area contributed by atoms with Gasteiger partial charge in [-0.25, -0.2) is 0 Å². The molecule has 0 bridgehead atoms. The summed E-state index contributed by atoms with van der Waals surface area (Å²) >= 11 is 0. The fourth-order valence-electron chi connectivity index (χ4n) is 2.28. The van der Waals surface area contributed by atoms with E-state index < -0.39 is 5.54 Å². The summed E-state index contributed by atoms with van der Waals surface area (Å²) < 4.78 is 5.12. The largest absolute Gasteiger partial charge is 0.494 e. The molecule has 1 aromatic rings. The third-order valence-electron chi connectivity index (χ3n) is 3.66. The number of likely N-dealkylation sites (tertiary alicyclic amines) is 1. The Labute approximate surface area is 118 Å². The van der Waals surface area contributed by atoms with Crippen LogP contribution in [0.1, 0.15) is 23.2 Å². The Bertz CT molecular complexity index is 530. The van der Waals surface area contributed by atoms with Gasteiger partial charge in [0.05, 0.1) is 24.9 Å². The van der Waals surface area contributed by atoms with Crippen LogP contribution < -0.4 is 10.1 Å². The number of nitrogens with zero attached hydrogens (tertiary/aromatic N) is 3. The number of piperidine rings is 1. The minimum atomic E-state index is -0.794. The van der Waals surface area contributed by atoms with Crippen LogP contribution in [0.5, 0.6) is 5.75 Å². The first-order chi connectivity index (χ1) is 9.60. The van der Waals surface area contributed by atoms with Gasteiger partial charge in [-0.05, 0) is 26.0 Å². The van der Waals surface area contributed by atoms with Crippen molar-refractivity contribution in [3.05, 3.63) is 24.0 Å². The third-order valence-corrected chi connectivity index (χ3v) is 3.66. The smallest absolute Gasteiger partial charge is 0.256 e. The normalized spacial score (nSPS) is 18.1. The predicted octanol–water partition coefficient (Wildman–Crippen LogP) is 0.808. The van der Waals surface area contributed by atoms with Crippen LogP contribution in [0.4, 0.5) is 0 Å². The summed E-state index contributed by atoms with van der Waals surface area (Å²) in [4.78, 5) is 18.4. The summed E-state index contributed by atoms with van der Waals surface area (Å²) in [6, 6.07) is 3.85. The van der Waals surface area contributed by atoms with Crippen molar-refractivity contribution in [1.82, 2.24) is 15.2 Å². The molecule has 1 saturated heterocycles. The fraction of sp³-hybridized carbons (Fsp3) is 0.500. The second kappa shape index (κ2) is 5.88. The lowest BCUT2D eigenvalue weighted by molar-refractivity contribution is 0.0878. The molecule has 1 aliphatic heterocycles.